The van der Waals surface area contributed by atoms with E-state index < -0.39 is 18.5 Å². The lowest BCUT2D eigenvalue weighted by Crippen LogP contribution is -2.19. The molecule has 0 spiro atoms. The summed E-state index contributed by atoms with van der Waals surface area (Å²) in [5.74, 6) is -0.398. The Morgan fingerprint density at radius 3 is 3.10 bits per heavy atom. The van der Waals surface area contributed by atoms with Gasteiger partial charge >= 0.3 is 5.97 Å². The van der Waals surface area contributed by atoms with Gasteiger partial charge < -0.3 is 14.2 Å². The van der Waals surface area contributed by atoms with Gasteiger partial charge in [-0.05, 0) is 11.6 Å². The summed E-state index contributed by atoms with van der Waals surface area (Å²) in [5, 5.41) is 0.184. The van der Waals surface area contributed by atoms with E-state index in [1.807, 2.05) is 0 Å². The molecule has 2 aromatic rings. The second-order valence-corrected chi connectivity index (χ2v) is 4.96. The first-order chi connectivity index (χ1) is 10.0. The van der Waals surface area contributed by atoms with Crippen LogP contribution in [0.5, 0.6) is 0 Å². The summed E-state index contributed by atoms with van der Waals surface area (Å²) in [6.45, 7) is 1.60. The maximum absolute atomic E-state index is 10.8. The summed E-state index contributed by atoms with van der Waals surface area (Å²) in [4.78, 5) is 22.8. The van der Waals surface area contributed by atoms with Gasteiger partial charge in [0.25, 0.3) is 0 Å². The van der Waals surface area contributed by atoms with Crippen LogP contribution in [0.3, 0.4) is 0 Å². The van der Waals surface area contributed by atoms with Crippen molar-refractivity contribution in [3.8, 4) is 0 Å². The van der Waals surface area contributed by atoms with E-state index in [2.05, 4.69) is 15.0 Å². The first kappa shape index (κ1) is 14.5. The van der Waals surface area contributed by atoms with Crippen molar-refractivity contribution in [2.75, 3.05) is 13.2 Å². The van der Waals surface area contributed by atoms with Gasteiger partial charge in [-0.25, -0.2) is 9.97 Å². The van der Waals surface area contributed by atoms with Gasteiger partial charge in [-0.1, -0.05) is 11.6 Å². The van der Waals surface area contributed by atoms with E-state index >= 15 is 0 Å². The number of carbonyl (C=O) groups excluding carboxylic acids is 1. The second kappa shape index (κ2) is 5.72. The fourth-order valence-corrected chi connectivity index (χ4v) is 2.35. The molecule has 1 fully saturated rings. The van der Waals surface area contributed by atoms with Crippen LogP contribution in [0.15, 0.2) is 6.33 Å². The van der Waals surface area contributed by atoms with Gasteiger partial charge in [0.2, 0.25) is 5.28 Å². The van der Waals surface area contributed by atoms with Gasteiger partial charge in [0.1, 0.15) is 12.1 Å². The van der Waals surface area contributed by atoms with E-state index in [1.165, 1.54) is 13.3 Å². The van der Waals surface area contributed by atoms with Crippen molar-refractivity contribution in [2.24, 2.45) is 0 Å². The van der Waals surface area contributed by atoms with Crippen molar-refractivity contribution in [1.82, 2.24) is 19.5 Å². The second-order valence-electron chi connectivity index (χ2n) is 4.26. The zero-order chi connectivity index (χ0) is 15.0. The minimum atomic E-state index is -0.635. The van der Waals surface area contributed by atoms with E-state index in [1.54, 1.807) is 4.57 Å². The molecule has 112 valence electrons. The van der Waals surface area contributed by atoms with Gasteiger partial charge in [0, 0.05) is 6.92 Å². The summed E-state index contributed by atoms with van der Waals surface area (Å²) in [6, 6.07) is 0. The van der Waals surface area contributed by atoms with Gasteiger partial charge in [0.15, 0.2) is 23.3 Å². The molecule has 0 aromatic carbocycles. The van der Waals surface area contributed by atoms with Crippen molar-refractivity contribution < 1.29 is 19.0 Å². The minimum Gasteiger partial charge on any atom is -0.460 e. The molecular formula is C11H10Cl2N4O4. The third kappa shape index (κ3) is 2.93. The number of imidazole rings is 1. The third-order valence-electron chi connectivity index (χ3n) is 2.82. The number of carbonyl (C=O) groups is 1. The number of aromatic nitrogens is 4. The van der Waals surface area contributed by atoms with E-state index in [4.69, 9.17) is 37.4 Å². The van der Waals surface area contributed by atoms with Gasteiger partial charge in [0.05, 0.1) is 12.9 Å². The average molecular weight is 333 g/mol. The number of rotatable bonds is 3. The van der Waals surface area contributed by atoms with Gasteiger partial charge in [-0.3, -0.25) is 9.36 Å². The number of esters is 1. The maximum Gasteiger partial charge on any atom is 0.302 e. The maximum atomic E-state index is 10.8. The quantitative estimate of drug-likeness (QED) is 0.478. The number of ether oxygens (including phenoxy) is 3. The molecule has 10 heteroatoms. The molecule has 21 heavy (non-hydrogen) atoms. The van der Waals surface area contributed by atoms with E-state index in [-0.39, 0.29) is 23.7 Å². The van der Waals surface area contributed by atoms with E-state index in [9.17, 15) is 4.79 Å². The molecule has 0 aliphatic carbocycles. The van der Waals surface area contributed by atoms with Gasteiger partial charge in [-0.15, -0.1) is 0 Å². The van der Waals surface area contributed by atoms with E-state index in [0.29, 0.717) is 11.2 Å². The van der Waals surface area contributed by atoms with E-state index in [0.717, 1.165) is 0 Å². The molecule has 3 heterocycles. The molecule has 2 atom stereocenters. The number of halogens is 2. The molecule has 3 rings (SSSR count). The van der Waals surface area contributed by atoms with Crippen LogP contribution >= 0.6 is 23.2 Å². The zero-order valence-corrected chi connectivity index (χ0v) is 12.3. The molecule has 0 N–H and O–H groups in total. The number of hydrogen-bond acceptors (Lipinski definition) is 7. The highest BCUT2D eigenvalue weighted by Crippen LogP contribution is 2.27. The fraction of sp³-hybridized carbons (Fsp3) is 0.455. The molecular weight excluding hydrogens is 323 g/mol. The fourth-order valence-electron chi connectivity index (χ4n) is 1.93. The Labute approximate surface area is 128 Å². The predicted octanol–water partition coefficient (Wildman–Crippen LogP) is 1.57. The van der Waals surface area contributed by atoms with Crippen LogP contribution in [0, 0.1) is 0 Å². The van der Waals surface area contributed by atoms with Crippen LogP contribution in [0.2, 0.25) is 10.4 Å². The number of fused-ring (bicyclic) bond motifs is 1. The highest BCUT2D eigenvalue weighted by atomic mass is 35.5. The molecule has 2 aromatic heterocycles. The molecule has 0 bridgehead atoms. The minimum absolute atomic E-state index is 0.0182. The Kier molecular flexibility index (Phi) is 3.94. The first-order valence-electron chi connectivity index (χ1n) is 6.00. The molecule has 0 amide bonds. The Morgan fingerprint density at radius 2 is 2.33 bits per heavy atom. The predicted molar refractivity (Wildman–Crippen MR) is 71.8 cm³/mol. The average Bonchev–Trinajstić information content (AvgIpc) is 3.02. The topological polar surface area (TPSA) is 88.4 Å². The summed E-state index contributed by atoms with van der Waals surface area (Å²) in [6.07, 6.45) is 0.422. The normalized spacial score (nSPS) is 21.9. The lowest BCUT2D eigenvalue weighted by Gasteiger charge is -2.12. The molecule has 0 saturated carbocycles. The lowest BCUT2D eigenvalue weighted by molar-refractivity contribution is -0.156. The SMILES string of the molecule is CC(=O)OC[C@@H]1OC[C@H](n2cnc3c(Cl)nc(Cl)nc32)O1. The third-order valence-corrected chi connectivity index (χ3v) is 3.25. The van der Waals surface area contributed by atoms with Crippen LogP contribution in [-0.2, 0) is 19.0 Å². The number of nitrogens with zero attached hydrogens (tertiary/aromatic N) is 4. The summed E-state index contributed by atoms with van der Waals surface area (Å²) >= 11 is 11.8. The molecule has 1 saturated heterocycles. The summed E-state index contributed by atoms with van der Waals surface area (Å²) < 4.78 is 17.5. The number of hydrogen-bond donors (Lipinski definition) is 0. The van der Waals surface area contributed by atoms with Crippen LogP contribution < -0.4 is 0 Å². The first-order valence-corrected chi connectivity index (χ1v) is 6.76. The van der Waals surface area contributed by atoms with Crippen molar-refractivity contribution in [3.63, 3.8) is 0 Å². The largest absolute Gasteiger partial charge is 0.460 e. The van der Waals surface area contributed by atoms with Crippen LogP contribution in [0.25, 0.3) is 11.2 Å². The molecule has 8 nitrogen and oxygen atoms in total. The van der Waals surface area contributed by atoms with Crippen LogP contribution in [0.4, 0.5) is 0 Å². The Morgan fingerprint density at radius 1 is 1.52 bits per heavy atom. The smallest absolute Gasteiger partial charge is 0.302 e. The van der Waals surface area contributed by atoms with Crippen LogP contribution in [-0.4, -0.2) is 45.0 Å². The summed E-state index contributed by atoms with van der Waals surface area (Å²) in [7, 11) is 0. The molecule has 0 unspecified atom stereocenters. The molecule has 1 aliphatic heterocycles. The monoisotopic (exact) mass is 332 g/mol. The molecule has 1 aliphatic rings. The van der Waals surface area contributed by atoms with Crippen molar-refractivity contribution in [2.45, 2.75) is 19.4 Å². The Bertz CT molecular complexity index is 692. The highest BCUT2D eigenvalue weighted by Gasteiger charge is 2.30. The van der Waals surface area contributed by atoms with Crippen molar-refractivity contribution in [1.29, 1.82) is 0 Å². The van der Waals surface area contributed by atoms with Crippen LogP contribution in [0.1, 0.15) is 13.2 Å². The Balaban J connectivity index is 1.81. The molecule has 0 radical (unpaired) electrons. The Hall–Kier alpha value is -1.48. The van der Waals surface area contributed by atoms with Gasteiger partial charge in [-0.2, -0.15) is 4.98 Å². The zero-order valence-electron chi connectivity index (χ0n) is 10.8. The summed E-state index contributed by atoms with van der Waals surface area (Å²) in [5.41, 5.74) is 0.870. The highest BCUT2D eigenvalue weighted by molar-refractivity contribution is 6.35. The lowest BCUT2D eigenvalue weighted by atomic mass is 10.5. The van der Waals surface area contributed by atoms with Crippen molar-refractivity contribution >= 4 is 40.3 Å². The standard InChI is InChI=1S/C11H10Cl2N4O4/c1-5(18)19-3-7-20-2-6(21-7)17-4-14-8-9(12)15-11(13)16-10(8)17/h4,6-7H,2-3H2,1H3/t6-,7-/m1/s1. The van der Waals surface area contributed by atoms with Crippen molar-refractivity contribution in [3.05, 3.63) is 16.8 Å².